The zero-order valence-electron chi connectivity index (χ0n) is 51.9. The van der Waals surface area contributed by atoms with E-state index < -0.39 is 0 Å². The highest BCUT2D eigenvalue weighted by atomic mass is 79.9. The topological polar surface area (TPSA) is 59.1 Å². The van der Waals surface area contributed by atoms with Gasteiger partial charge in [-0.15, -0.1) is 22.7 Å². The van der Waals surface area contributed by atoms with Crippen LogP contribution >= 0.6 is 54.5 Å². The third kappa shape index (κ3) is 29.2. The van der Waals surface area contributed by atoms with Gasteiger partial charge in [-0.3, -0.25) is 9.59 Å². The van der Waals surface area contributed by atoms with Crippen molar-refractivity contribution in [3.05, 3.63) is 52.7 Å². The molecule has 0 spiro atoms. The summed E-state index contributed by atoms with van der Waals surface area (Å²) in [6, 6.07) is 8.21. The third-order valence-electron chi connectivity index (χ3n) is 17.2. The van der Waals surface area contributed by atoms with Crippen LogP contribution in [0.3, 0.4) is 0 Å². The van der Waals surface area contributed by atoms with Crippen molar-refractivity contribution in [2.75, 3.05) is 39.5 Å². The lowest BCUT2D eigenvalue weighted by Crippen LogP contribution is -2.31. The Hall–Kier alpha value is -1.30. The number of hydrogen-bond donors (Lipinski definition) is 0. The number of rotatable bonds is 56. The van der Waals surface area contributed by atoms with Gasteiger partial charge in [-0.25, -0.2) is 0 Å². The Balaban J connectivity index is 1.31. The molecule has 80 heavy (non-hydrogen) atoms. The van der Waals surface area contributed by atoms with Crippen LogP contribution in [0.15, 0.2) is 43.0 Å². The molecule has 0 fully saturated rings. The first-order valence-corrected chi connectivity index (χ1v) is 37.4. The van der Waals surface area contributed by atoms with Crippen molar-refractivity contribution in [1.82, 2.24) is 9.80 Å². The minimum absolute atomic E-state index is 0.0500. The van der Waals surface area contributed by atoms with Gasteiger partial charge in [-0.1, -0.05) is 259 Å². The molecular weight excluding hydrogens is 1160 g/mol. The lowest BCUT2D eigenvalue weighted by atomic mass is 9.94. The number of fused-ring (bicyclic) bond motifs is 1. The smallest absolute Gasteiger partial charge is 0.261 e. The summed E-state index contributed by atoms with van der Waals surface area (Å²) < 4.78 is 15.0. The molecule has 6 nitrogen and oxygen atoms in total. The van der Waals surface area contributed by atoms with E-state index in [1.54, 1.807) is 22.7 Å². The second kappa shape index (κ2) is 46.9. The summed E-state index contributed by atoms with van der Waals surface area (Å²) in [6.07, 6.45) is 57.8. The van der Waals surface area contributed by atoms with Gasteiger partial charge >= 0.3 is 0 Å². The molecule has 4 heterocycles. The summed E-state index contributed by atoms with van der Waals surface area (Å²) in [7, 11) is 0. The Morgan fingerprint density at radius 2 is 0.625 bits per heavy atom. The van der Waals surface area contributed by atoms with E-state index in [-0.39, 0.29) is 11.8 Å². The number of amides is 2. The molecule has 0 aromatic carbocycles. The van der Waals surface area contributed by atoms with E-state index in [1.165, 1.54) is 257 Å². The van der Waals surface area contributed by atoms with E-state index >= 15 is 0 Å². The van der Waals surface area contributed by atoms with Crippen LogP contribution in [0.1, 0.15) is 320 Å². The van der Waals surface area contributed by atoms with Crippen LogP contribution in [0.2, 0.25) is 0 Å². The van der Waals surface area contributed by atoms with Crippen LogP contribution in [0, 0.1) is 11.8 Å². The van der Waals surface area contributed by atoms with Gasteiger partial charge in [-0.05, 0) is 119 Å². The molecular formula is C70H118Br2N2O4S2. The number of unbranched alkanes of at least 4 members (excludes halogenated alkanes) is 34. The molecule has 458 valence electrons. The van der Waals surface area contributed by atoms with E-state index in [0.717, 1.165) is 67.6 Å². The summed E-state index contributed by atoms with van der Waals surface area (Å²) in [5, 5.41) is 0. The minimum Gasteiger partial charge on any atom is -0.381 e. The SMILES string of the molecule is CCCCCCCCCCCCC(CCCCCCCCCC)COCCCCN1C(=O)C2=C(c3ccc(Br)s3)N(CCCCOCC(CCCCCCCCCC)CCCCCCCCCCCC)C(=O)C2=C1c1ccc(Br)s1. The quantitative estimate of drug-likeness (QED) is 0.0619. The Labute approximate surface area is 517 Å². The molecule has 2 aromatic heterocycles. The standard InChI is InChI=1S/C70H118Br2N2O4S2/c1-5-9-13-17-21-25-27-31-35-39-47-59(45-37-33-29-23-19-15-11-7-3)57-77-55-43-41-53-73-67(61-49-51-63(71)79-61)65-66(69(73)75)68(62-50-52-64(72)80-62)74(70(65)76)54-42-44-56-78-58-60(46-38-34-30-24-20-16-12-8-4)48-40-36-32-28-26-22-18-14-10-6-2/h49-52,59-60H,5-48,53-58H2,1-4H3. The Morgan fingerprint density at radius 3 is 0.875 bits per heavy atom. The summed E-state index contributed by atoms with van der Waals surface area (Å²) in [5.41, 5.74) is 2.70. The fourth-order valence-electron chi connectivity index (χ4n) is 12.3. The lowest BCUT2D eigenvalue weighted by molar-refractivity contribution is -0.124. The normalized spacial score (nSPS) is 14.5. The van der Waals surface area contributed by atoms with Gasteiger partial charge in [0.15, 0.2) is 0 Å². The van der Waals surface area contributed by atoms with Crippen molar-refractivity contribution >= 4 is 77.7 Å². The maximum absolute atomic E-state index is 14.9. The molecule has 0 bridgehead atoms. The number of carbonyl (C=O) groups is 2. The molecule has 0 aliphatic carbocycles. The number of carbonyl (C=O) groups excluding carboxylic acids is 2. The zero-order valence-corrected chi connectivity index (χ0v) is 56.7. The van der Waals surface area contributed by atoms with Crippen molar-refractivity contribution in [3.8, 4) is 0 Å². The summed E-state index contributed by atoms with van der Waals surface area (Å²) in [4.78, 5) is 35.6. The molecule has 2 amide bonds. The van der Waals surface area contributed by atoms with Crippen LogP contribution in [0.4, 0.5) is 0 Å². The van der Waals surface area contributed by atoms with Crippen molar-refractivity contribution in [1.29, 1.82) is 0 Å². The second-order valence-electron chi connectivity index (χ2n) is 24.3. The molecule has 4 rings (SSSR count). The lowest BCUT2D eigenvalue weighted by Gasteiger charge is -2.24. The van der Waals surface area contributed by atoms with E-state index in [4.69, 9.17) is 9.47 Å². The highest BCUT2D eigenvalue weighted by Gasteiger charge is 2.49. The highest BCUT2D eigenvalue weighted by Crippen LogP contribution is 2.49. The summed E-state index contributed by atoms with van der Waals surface area (Å²) in [6.45, 7) is 13.4. The molecule has 0 saturated carbocycles. The fraction of sp³-hybridized carbons (Fsp3) is 0.800. The summed E-state index contributed by atoms with van der Waals surface area (Å²) >= 11 is 10.6. The van der Waals surface area contributed by atoms with Crippen LogP contribution in [0.5, 0.6) is 0 Å². The van der Waals surface area contributed by atoms with Gasteiger partial charge in [0.05, 0.1) is 39.9 Å². The first-order chi connectivity index (χ1) is 39.3. The van der Waals surface area contributed by atoms with Gasteiger partial charge in [0.2, 0.25) is 0 Å². The van der Waals surface area contributed by atoms with Gasteiger partial charge in [-0.2, -0.15) is 0 Å². The Morgan fingerprint density at radius 1 is 0.362 bits per heavy atom. The van der Waals surface area contributed by atoms with Crippen LogP contribution < -0.4 is 0 Å². The average Bonchev–Trinajstić information content (AvgIpc) is 4.31. The van der Waals surface area contributed by atoms with Crippen LogP contribution in [-0.4, -0.2) is 61.1 Å². The second-order valence-corrected chi connectivity index (χ2v) is 29.3. The number of nitrogens with zero attached hydrogens (tertiary/aromatic N) is 2. The largest absolute Gasteiger partial charge is 0.381 e. The Bertz CT molecular complexity index is 1810. The monoisotopic (exact) mass is 1270 g/mol. The van der Waals surface area contributed by atoms with Crippen molar-refractivity contribution in [2.24, 2.45) is 11.8 Å². The fourth-order valence-corrected chi connectivity index (χ4v) is 15.2. The van der Waals surface area contributed by atoms with Crippen molar-refractivity contribution < 1.29 is 19.1 Å². The number of halogens is 2. The van der Waals surface area contributed by atoms with Gasteiger partial charge in [0.25, 0.3) is 11.8 Å². The van der Waals surface area contributed by atoms with E-state index in [9.17, 15) is 9.59 Å². The average molecular weight is 1280 g/mol. The predicted molar refractivity (Wildman–Crippen MR) is 356 cm³/mol. The van der Waals surface area contributed by atoms with E-state index in [1.807, 2.05) is 21.9 Å². The molecule has 10 heteroatoms. The van der Waals surface area contributed by atoms with Gasteiger partial charge in [0, 0.05) is 39.5 Å². The van der Waals surface area contributed by atoms with Crippen molar-refractivity contribution in [2.45, 2.75) is 310 Å². The third-order valence-corrected chi connectivity index (χ3v) is 20.5. The van der Waals surface area contributed by atoms with Crippen molar-refractivity contribution in [3.63, 3.8) is 0 Å². The molecule has 2 aromatic rings. The highest BCUT2D eigenvalue weighted by molar-refractivity contribution is 9.11. The van der Waals surface area contributed by atoms with Crippen LogP contribution in [0.25, 0.3) is 11.4 Å². The maximum Gasteiger partial charge on any atom is 0.261 e. The molecule has 0 N–H and O–H groups in total. The van der Waals surface area contributed by atoms with Crippen LogP contribution in [-0.2, 0) is 19.1 Å². The molecule has 2 atom stereocenters. The van der Waals surface area contributed by atoms with Gasteiger partial charge < -0.3 is 19.3 Å². The van der Waals surface area contributed by atoms with Gasteiger partial charge in [0.1, 0.15) is 0 Å². The number of hydrogen-bond acceptors (Lipinski definition) is 6. The van der Waals surface area contributed by atoms with E-state index in [0.29, 0.717) is 49.3 Å². The predicted octanol–water partition coefficient (Wildman–Crippen LogP) is 23.7. The first kappa shape index (κ1) is 71.2. The first-order valence-electron chi connectivity index (χ1n) is 34.1. The number of ether oxygens (including phenoxy) is 2. The molecule has 0 radical (unpaired) electrons. The maximum atomic E-state index is 14.9. The molecule has 2 aliphatic heterocycles. The summed E-state index contributed by atoms with van der Waals surface area (Å²) in [5.74, 6) is 1.16. The minimum atomic E-state index is -0.0500. The molecule has 2 unspecified atom stereocenters. The number of thiophene rings is 2. The zero-order chi connectivity index (χ0) is 57.1. The molecule has 2 aliphatic rings. The van der Waals surface area contributed by atoms with E-state index in [2.05, 4.69) is 71.7 Å². The molecule has 0 saturated heterocycles. The Kier molecular flexibility index (Phi) is 41.8.